The molecule has 2 amide bonds. The largest absolute Gasteiger partial charge is 0.497 e. The Hall–Kier alpha value is -4.96. The molecule has 0 fully saturated rings. The maximum absolute atomic E-state index is 14.0. The zero-order chi connectivity index (χ0) is 30.6. The van der Waals surface area contributed by atoms with E-state index in [-0.39, 0.29) is 47.5 Å². The van der Waals surface area contributed by atoms with Crippen molar-refractivity contribution in [2.24, 2.45) is 0 Å². The minimum atomic E-state index is -0.386. The Kier molecular flexibility index (Phi) is 8.42. The normalized spacial score (nSPS) is 14.6. The van der Waals surface area contributed by atoms with Crippen LogP contribution in [0.2, 0.25) is 0 Å². The smallest absolute Gasteiger partial charge is 0.240 e. The van der Waals surface area contributed by atoms with Crippen LogP contribution in [0, 0.1) is 11.6 Å². The molecule has 222 valence electrons. The van der Waals surface area contributed by atoms with Gasteiger partial charge in [0.1, 0.15) is 29.7 Å². The molecule has 10 heteroatoms. The second-order valence-corrected chi connectivity index (χ2v) is 11.3. The molecule has 1 aromatic heterocycles. The molecule has 0 radical (unpaired) electrons. The number of carbonyl (C=O) groups excluding carboxylic acids is 2. The fourth-order valence-electron chi connectivity index (χ4n) is 5.14. The van der Waals surface area contributed by atoms with Gasteiger partial charge in [0, 0.05) is 17.7 Å². The van der Waals surface area contributed by atoms with Gasteiger partial charge in [0.2, 0.25) is 11.8 Å². The van der Waals surface area contributed by atoms with Crippen molar-refractivity contribution in [2.45, 2.75) is 11.8 Å². The van der Waals surface area contributed by atoms with E-state index >= 15 is 0 Å². The van der Waals surface area contributed by atoms with Crippen LogP contribution in [0.25, 0.3) is 16.9 Å². The molecule has 44 heavy (non-hydrogen) atoms. The molecule has 0 saturated carbocycles. The highest BCUT2D eigenvalue weighted by molar-refractivity contribution is 8.00. The number of hydrogen-bond donors (Lipinski definition) is 1. The van der Waals surface area contributed by atoms with Gasteiger partial charge in [0.05, 0.1) is 29.5 Å². The van der Waals surface area contributed by atoms with Gasteiger partial charge in [0.15, 0.2) is 0 Å². The molecule has 0 saturated heterocycles. The van der Waals surface area contributed by atoms with Crippen LogP contribution in [0.4, 0.5) is 14.6 Å². The van der Waals surface area contributed by atoms with Crippen molar-refractivity contribution in [1.82, 2.24) is 15.1 Å². The Bertz CT molecular complexity index is 1780. The number of benzene rings is 4. The number of fused-ring (bicyclic) bond motifs is 1. The number of amides is 2. The van der Waals surface area contributed by atoms with Gasteiger partial charge in [-0.1, -0.05) is 54.6 Å². The summed E-state index contributed by atoms with van der Waals surface area (Å²) in [7, 11) is 1.58. The molecule has 0 unspecified atom stereocenters. The van der Waals surface area contributed by atoms with Crippen molar-refractivity contribution in [3.8, 4) is 22.7 Å². The second kappa shape index (κ2) is 12.7. The minimum Gasteiger partial charge on any atom is -0.497 e. The zero-order valence-electron chi connectivity index (χ0n) is 23.7. The van der Waals surface area contributed by atoms with Crippen molar-refractivity contribution in [2.75, 3.05) is 24.3 Å². The number of hydrogen-bond acceptors (Lipinski definition) is 5. The summed E-state index contributed by atoms with van der Waals surface area (Å²) < 4.78 is 34.4. The molecule has 1 aliphatic rings. The van der Waals surface area contributed by atoms with Crippen molar-refractivity contribution in [3.63, 3.8) is 0 Å². The minimum absolute atomic E-state index is 0.0822. The van der Waals surface area contributed by atoms with E-state index in [2.05, 4.69) is 5.32 Å². The highest BCUT2D eigenvalue weighted by Gasteiger charge is 2.37. The number of methoxy groups -OCH3 is 1. The maximum atomic E-state index is 14.0. The molecule has 5 aromatic rings. The van der Waals surface area contributed by atoms with Gasteiger partial charge in [-0.05, 0) is 59.7 Å². The Balaban J connectivity index is 1.49. The number of nitrogens with one attached hydrogen (secondary N) is 1. The first-order valence-corrected chi connectivity index (χ1v) is 15.0. The first-order valence-electron chi connectivity index (χ1n) is 13.9. The second-order valence-electron chi connectivity index (χ2n) is 10.2. The summed E-state index contributed by atoms with van der Waals surface area (Å²) in [5, 5.41) is 7.51. The highest BCUT2D eigenvalue weighted by atomic mass is 32.2. The maximum Gasteiger partial charge on any atom is 0.240 e. The predicted molar refractivity (Wildman–Crippen MR) is 167 cm³/mol. The van der Waals surface area contributed by atoms with Crippen LogP contribution in [-0.2, 0) is 16.1 Å². The van der Waals surface area contributed by atoms with Gasteiger partial charge in [-0.2, -0.15) is 5.10 Å². The predicted octanol–water partition coefficient (Wildman–Crippen LogP) is 6.31. The number of nitrogens with zero attached hydrogens (tertiary/aromatic N) is 3. The van der Waals surface area contributed by atoms with E-state index in [1.54, 1.807) is 48.2 Å². The number of rotatable bonds is 8. The Morgan fingerprint density at radius 3 is 2.25 bits per heavy atom. The van der Waals surface area contributed by atoms with Crippen LogP contribution >= 0.6 is 11.8 Å². The molecular formula is C34H28F2N4O3S. The molecule has 0 spiro atoms. The van der Waals surface area contributed by atoms with Crippen molar-refractivity contribution in [1.29, 1.82) is 0 Å². The summed E-state index contributed by atoms with van der Waals surface area (Å²) in [6, 6.07) is 29.0. The average Bonchev–Trinajstić information content (AvgIpc) is 3.38. The topological polar surface area (TPSA) is 76.5 Å². The number of aromatic nitrogens is 2. The fraction of sp³-hybridized carbons (Fsp3) is 0.147. The molecule has 1 N–H and O–H groups in total. The van der Waals surface area contributed by atoms with Crippen LogP contribution in [0.15, 0.2) is 103 Å². The summed E-state index contributed by atoms with van der Waals surface area (Å²) in [6.07, 6.45) is 0. The summed E-state index contributed by atoms with van der Waals surface area (Å²) in [6.45, 7) is -0.0895. The molecule has 1 atom stereocenters. The Morgan fingerprint density at radius 2 is 1.59 bits per heavy atom. The van der Waals surface area contributed by atoms with E-state index in [9.17, 15) is 18.4 Å². The molecule has 0 aliphatic carbocycles. The van der Waals surface area contributed by atoms with E-state index in [1.807, 2.05) is 42.5 Å². The van der Waals surface area contributed by atoms with Crippen LogP contribution < -0.4 is 15.0 Å². The summed E-state index contributed by atoms with van der Waals surface area (Å²) in [5.74, 6) is -0.191. The van der Waals surface area contributed by atoms with Crippen LogP contribution in [-0.4, -0.2) is 41.0 Å². The third-order valence-corrected chi connectivity index (χ3v) is 8.59. The van der Waals surface area contributed by atoms with Crippen molar-refractivity contribution in [3.05, 3.63) is 131 Å². The van der Waals surface area contributed by atoms with Gasteiger partial charge in [-0.3, -0.25) is 14.5 Å². The lowest BCUT2D eigenvalue weighted by atomic mass is 9.99. The third kappa shape index (κ3) is 6.07. The highest BCUT2D eigenvalue weighted by Crippen LogP contribution is 2.48. The number of anilines is 1. The Morgan fingerprint density at radius 1 is 0.932 bits per heavy atom. The first-order chi connectivity index (χ1) is 21.4. The Labute approximate surface area is 257 Å². The van der Waals surface area contributed by atoms with Crippen LogP contribution in [0.5, 0.6) is 5.75 Å². The van der Waals surface area contributed by atoms with Gasteiger partial charge in [-0.25, -0.2) is 13.5 Å². The molecule has 7 nitrogen and oxygen atoms in total. The van der Waals surface area contributed by atoms with Crippen molar-refractivity contribution < 1.29 is 23.1 Å². The number of halogens is 2. The SMILES string of the molecule is COc1ccc(-n2nc(-c3ccccc3)c3c2N(CC(=O)NCc2ccc(F)cc2)C(=O)CS[C@@H]3c2ccc(F)cc2)cc1. The summed E-state index contributed by atoms with van der Waals surface area (Å²) in [4.78, 5) is 28.7. The molecule has 1 aliphatic heterocycles. The average molecular weight is 611 g/mol. The number of carbonyl (C=O) groups is 2. The number of thioether (sulfide) groups is 1. The van der Waals surface area contributed by atoms with Gasteiger partial charge in [-0.15, -0.1) is 11.8 Å². The number of ether oxygens (including phenoxy) is 1. The molecule has 6 rings (SSSR count). The lowest BCUT2D eigenvalue weighted by Gasteiger charge is -2.23. The molecule has 2 heterocycles. The quantitative estimate of drug-likeness (QED) is 0.223. The van der Waals surface area contributed by atoms with Crippen LogP contribution in [0.3, 0.4) is 0 Å². The van der Waals surface area contributed by atoms with E-state index in [1.165, 1.54) is 40.9 Å². The summed E-state index contributed by atoms with van der Waals surface area (Å²) in [5.41, 5.74) is 4.41. The van der Waals surface area contributed by atoms with E-state index in [4.69, 9.17) is 9.84 Å². The monoisotopic (exact) mass is 610 g/mol. The van der Waals surface area contributed by atoms with Gasteiger partial charge < -0.3 is 10.1 Å². The van der Waals surface area contributed by atoms with Gasteiger partial charge in [0.25, 0.3) is 0 Å². The zero-order valence-corrected chi connectivity index (χ0v) is 24.6. The van der Waals surface area contributed by atoms with E-state index in [0.29, 0.717) is 22.9 Å². The van der Waals surface area contributed by atoms with E-state index < -0.39 is 0 Å². The molecular weight excluding hydrogens is 582 g/mol. The molecule has 0 bridgehead atoms. The summed E-state index contributed by atoms with van der Waals surface area (Å²) >= 11 is 1.41. The first kappa shape index (κ1) is 29.1. The molecule has 4 aromatic carbocycles. The lowest BCUT2D eigenvalue weighted by molar-refractivity contribution is -0.123. The lowest BCUT2D eigenvalue weighted by Crippen LogP contribution is -2.42. The third-order valence-electron chi connectivity index (χ3n) is 7.33. The van der Waals surface area contributed by atoms with Gasteiger partial charge >= 0.3 is 0 Å². The fourth-order valence-corrected chi connectivity index (χ4v) is 6.33. The van der Waals surface area contributed by atoms with Crippen molar-refractivity contribution >= 4 is 29.4 Å². The van der Waals surface area contributed by atoms with Crippen LogP contribution in [0.1, 0.15) is 21.9 Å². The standard InChI is InChI=1S/C34H28F2N4O3S/c1-43-28-17-15-27(16-18-28)40-34-31(32(38-40)23-5-3-2-4-6-23)33(24-9-13-26(36)14-10-24)44-21-30(42)39(34)20-29(41)37-19-22-7-11-25(35)12-8-22/h2-18,33H,19-21H2,1H3,(H,37,41)/t33-/m1/s1. The van der Waals surface area contributed by atoms with E-state index in [0.717, 1.165) is 22.3 Å².